The third kappa shape index (κ3) is 5.32. The van der Waals surface area contributed by atoms with E-state index in [1.54, 1.807) is 0 Å². The average molecular weight is 388 g/mol. The van der Waals surface area contributed by atoms with E-state index in [1.165, 1.54) is 16.6 Å². The number of carbonyl (C=O) groups is 1. The number of nitrogens with zero attached hydrogens (tertiary/aromatic N) is 2. The van der Waals surface area contributed by atoms with Crippen molar-refractivity contribution in [2.24, 2.45) is 0 Å². The van der Waals surface area contributed by atoms with E-state index in [0.717, 1.165) is 24.8 Å². The van der Waals surface area contributed by atoms with Crippen LogP contribution in [0.5, 0.6) is 0 Å². The fraction of sp³-hybridized carbons (Fsp3) is 0.450. The number of aromatic nitrogens is 2. The summed E-state index contributed by atoms with van der Waals surface area (Å²) in [5.74, 6) is -0.245. The van der Waals surface area contributed by atoms with Crippen LogP contribution in [-0.2, 0) is 16.1 Å². The molecule has 2 rings (SSSR count). The third-order valence-electron chi connectivity index (χ3n) is 4.48. The third-order valence-corrected chi connectivity index (χ3v) is 4.48. The van der Waals surface area contributed by atoms with Gasteiger partial charge >= 0.3 is 5.69 Å². The number of hydrogen-bond donors (Lipinski definition) is 2. The zero-order chi connectivity index (χ0) is 20.5. The van der Waals surface area contributed by atoms with Crippen molar-refractivity contribution >= 4 is 17.4 Å². The van der Waals surface area contributed by atoms with Crippen LogP contribution in [0, 0.1) is 0 Å². The topological polar surface area (TPSA) is 110 Å². The summed E-state index contributed by atoms with van der Waals surface area (Å²) in [5, 5.41) is 0. The Morgan fingerprint density at radius 3 is 2.57 bits per heavy atom. The number of anilines is 2. The number of unbranched alkanes of at least 4 members (excludes halogenated alkanes) is 2. The summed E-state index contributed by atoms with van der Waals surface area (Å²) in [6.45, 7) is 2.67. The number of rotatable bonds is 10. The Morgan fingerprint density at radius 1 is 1.21 bits per heavy atom. The second kappa shape index (κ2) is 10.5. The molecular weight excluding hydrogens is 360 g/mol. The predicted molar refractivity (Wildman–Crippen MR) is 110 cm³/mol. The summed E-state index contributed by atoms with van der Waals surface area (Å²) in [6, 6.07) is 9.29. The predicted octanol–water partition coefficient (Wildman–Crippen LogP) is 1.73. The van der Waals surface area contributed by atoms with Gasteiger partial charge in [-0.2, -0.15) is 0 Å². The van der Waals surface area contributed by atoms with Gasteiger partial charge in [0.2, 0.25) is 5.91 Å². The number of benzene rings is 1. The van der Waals surface area contributed by atoms with Crippen LogP contribution in [0.4, 0.5) is 11.5 Å². The Bertz CT molecular complexity index is 889. The molecule has 1 aromatic carbocycles. The van der Waals surface area contributed by atoms with Crippen LogP contribution in [0.1, 0.15) is 38.2 Å². The number of ether oxygens (including phenoxy) is 1. The normalized spacial score (nSPS) is 10.8. The summed E-state index contributed by atoms with van der Waals surface area (Å²) in [6.07, 6.45) is 2.92. The van der Waals surface area contributed by atoms with E-state index in [-0.39, 0.29) is 37.1 Å². The minimum absolute atomic E-state index is 0.00548. The summed E-state index contributed by atoms with van der Waals surface area (Å²) in [5.41, 5.74) is 5.77. The first-order chi connectivity index (χ1) is 13.5. The van der Waals surface area contributed by atoms with Crippen molar-refractivity contribution in [1.82, 2.24) is 9.55 Å². The van der Waals surface area contributed by atoms with Gasteiger partial charge < -0.3 is 15.4 Å². The molecule has 0 saturated heterocycles. The lowest BCUT2D eigenvalue weighted by Crippen LogP contribution is -2.42. The summed E-state index contributed by atoms with van der Waals surface area (Å²) in [4.78, 5) is 41.2. The van der Waals surface area contributed by atoms with Crippen LogP contribution in [0.15, 0.2) is 39.9 Å². The van der Waals surface area contributed by atoms with E-state index in [1.807, 2.05) is 30.3 Å². The second-order valence-electron chi connectivity index (χ2n) is 6.56. The molecule has 0 bridgehead atoms. The van der Waals surface area contributed by atoms with Gasteiger partial charge in [-0.05, 0) is 12.0 Å². The molecule has 28 heavy (non-hydrogen) atoms. The molecule has 0 aliphatic heterocycles. The maximum absolute atomic E-state index is 12.8. The molecule has 1 heterocycles. The highest BCUT2D eigenvalue weighted by Gasteiger charge is 2.23. The Labute approximate surface area is 163 Å². The fourth-order valence-corrected chi connectivity index (χ4v) is 2.97. The maximum Gasteiger partial charge on any atom is 0.330 e. The Kier molecular flexibility index (Phi) is 8.01. The Hall–Kier alpha value is -2.87. The first-order valence-corrected chi connectivity index (χ1v) is 9.45. The maximum atomic E-state index is 12.8. The number of nitrogen functional groups attached to an aromatic ring is 1. The van der Waals surface area contributed by atoms with Crippen LogP contribution in [0.3, 0.4) is 0 Å². The van der Waals surface area contributed by atoms with Gasteiger partial charge in [0.1, 0.15) is 5.82 Å². The van der Waals surface area contributed by atoms with Crippen molar-refractivity contribution in [2.45, 2.75) is 39.2 Å². The minimum atomic E-state index is -0.674. The fourth-order valence-electron chi connectivity index (χ4n) is 2.97. The molecule has 0 fully saturated rings. The van der Waals surface area contributed by atoms with Crippen molar-refractivity contribution in [2.75, 3.05) is 30.9 Å². The molecule has 0 unspecified atom stereocenters. The van der Waals surface area contributed by atoms with Crippen LogP contribution < -0.4 is 21.9 Å². The highest BCUT2D eigenvalue weighted by molar-refractivity contribution is 5.95. The largest absolute Gasteiger partial charge is 0.383 e. The molecule has 0 radical (unpaired) electrons. The number of nitrogens with one attached hydrogen (secondary N) is 1. The van der Waals surface area contributed by atoms with E-state index in [9.17, 15) is 14.4 Å². The summed E-state index contributed by atoms with van der Waals surface area (Å²) in [7, 11) is 1.52. The number of methoxy groups -OCH3 is 1. The van der Waals surface area contributed by atoms with Crippen LogP contribution in [0.25, 0.3) is 0 Å². The number of amides is 1. The van der Waals surface area contributed by atoms with Crippen molar-refractivity contribution in [1.29, 1.82) is 0 Å². The number of hydrogen-bond acceptors (Lipinski definition) is 5. The molecule has 0 atom stereocenters. The van der Waals surface area contributed by atoms with E-state index in [0.29, 0.717) is 6.42 Å². The molecule has 0 spiro atoms. The summed E-state index contributed by atoms with van der Waals surface area (Å²) < 4.78 is 6.35. The smallest absolute Gasteiger partial charge is 0.330 e. The standard InChI is InChI=1S/C20H28N4O4/c1-3-4-6-11-16(25)23(12-13-28-2)17-18(21)24(20(27)22-19(17)26)14-15-9-7-5-8-10-15/h5,7-10H,3-4,6,11-14,21H2,1-2H3,(H,22,26,27). The van der Waals surface area contributed by atoms with Crippen molar-refractivity contribution in [3.63, 3.8) is 0 Å². The Balaban J connectivity index is 2.44. The minimum Gasteiger partial charge on any atom is -0.383 e. The first kappa shape index (κ1) is 21.4. The van der Waals surface area contributed by atoms with Gasteiger partial charge in [-0.3, -0.25) is 19.1 Å². The van der Waals surface area contributed by atoms with Gasteiger partial charge in [0.05, 0.1) is 13.2 Å². The zero-order valence-corrected chi connectivity index (χ0v) is 16.4. The van der Waals surface area contributed by atoms with Crippen molar-refractivity contribution in [3.05, 3.63) is 56.7 Å². The number of H-pyrrole nitrogens is 1. The Morgan fingerprint density at radius 2 is 1.93 bits per heavy atom. The van der Waals surface area contributed by atoms with Crippen LogP contribution in [-0.4, -0.2) is 35.7 Å². The van der Waals surface area contributed by atoms with E-state index >= 15 is 0 Å². The average Bonchev–Trinajstić information content (AvgIpc) is 2.68. The lowest BCUT2D eigenvalue weighted by atomic mass is 10.2. The highest BCUT2D eigenvalue weighted by atomic mass is 16.5. The molecule has 0 saturated carbocycles. The van der Waals surface area contributed by atoms with Gasteiger partial charge in [0.25, 0.3) is 5.56 Å². The lowest BCUT2D eigenvalue weighted by molar-refractivity contribution is -0.118. The number of nitrogens with two attached hydrogens (primary N) is 1. The van der Waals surface area contributed by atoms with Gasteiger partial charge in [-0.1, -0.05) is 50.1 Å². The first-order valence-electron chi connectivity index (χ1n) is 9.45. The molecular formula is C20H28N4O4. The van der Waals surface area contributed by atoms with Gasteiger partial charge in [-0.25, -0.2) is 4.79 Å². The molecule has 3 N–H and O–H groups in total. The van der Waals surface area contributed by atoms with Crippen LogP contribution in [0.2, 0.25) is 0 Å². The molecule has 8 heteroatoms. The number of aromatic amines is 1. The van der Waals surface area contributed by atoms with E-state index < -0.39 is 11.2 Å². The molecule has 1 aromatic heterocycles. The molecule has 1 amide bonds. The summed E-state index contributed by atoms with van der Waals surface area (Å²) >= 11 is 0. The molecule has 8 nitrogen and oxygen atoms in total. The van der Waals surface area contributed by atoms with Gasteiger partial charge in [-0.15, -0.1) is 0 Å². The van der Waals surface area contributed by atoms with Crippen LogP contribution >= 0.6 is 0 Å². The highest BCUT2D eigenvalue weighted by Crippen LogP contribution is 2.19. The molecule has 0 aliphatic rings. The van der Waals surface area contributed by atoms with Gasteiger partial charge in [0, 0.05) is 20.1 Å². The molecule has 0 aliphatic carbocycles. The molecule has 2 aromatic rings. The lowest BCUT2D eigenvalue weighted by Gasteiger charge is -2.24. The van der Waals surface area contributed by atoms with Crippen molar-refractivity contribution < 1.29 is 9.53 Å². The zero-order valence-electron chi connectivity index (χ0n) is 16.4. The van der Waals surface area contributed by atoms with Gasteiger partial charge in [0.15, 0.2) is 5.69 Å². The quantitative estimate of drug-likeness (QED) is 0.602. The SMILES string of the molecule is CCCCCC(=O)N(CCOC)c1c(N)n(Cc2ccccc2)c(=O)[nH]c1=O. The molecule has 152 valence electrons. The second-order valence-corrected chi connectivity index (χ2v) is 6.56. The van der Waals surface area contributed by atoms with E-state index in [2.05, 4.69) is 11.9 Å². The van der Waals surface area contributed by atoms with E-state index in [4.69, 9.17) is 10.5 Å². The van der Waals surface area contributed by atoms with Crippen molar-refractivity contribution in [3.8, 4) is 0 Å². The monoisotopic (exact) mass is 388 g/mol. The number of carbonyl (C=O) groups excluding carboxylic acids is 1.